The number of esters is 1. The molecular weight excluding hydrogens is 474 g/mol. The van der Waals surface area contributed by atoms with Crippen LogP contribution in [0.4, 0.5) is 17.1 Å². The van der Waals surface area contributed by atoms with E-state index in [9.17, 15) is 4.79 Å². The van der Waals surface area contributed by atoms with Gasteiger partial charge in [0.2, 0.25) is 0 Å². The standard InChI is InChI=1S/C33H29NO4/c1-5-25(4)36-23-26-11-13-27(14-12-26)34(29-17-21-32(22-18-29)38-33(35)24(2)3)28-15-19-31(20-16-28)37-30-9-7-6-8-10-30/h5-22H,1-2,4,23H2,3H3. The SMILES string of the molecule is C=CC(=C)OCc1ccc(N(c2ccc(OC(=O)C(=C)C)cc2)c2ccc(Oc3ccccc3)cc2)cc1. The molecule has 5 nitrogen and oxygen atoms in total. The fourth-order valence-electron chi connectivity index (χ4n) is 3.57. The highest BCUT2D eigenvalue weighted by Crippen LogP contribution is 2.36. The van der Waals surface area contributed by atoms with E-state index in [-0.39, 0.29) is 0 Å². The first-order valence-electron chi connectivity index (χ1n) is 12.1. The molecule has 0 atom stereocenters. The van der Waals surface area contributed by atoms with Crippen LogP contribution >= 0.6 is 0 Å². The molecule has 0 spiro atoms. The quantitative estimate of drug-likeness (QED) is 0.0674. The monoisotopic (exact) mass is 503 g/mol. The summed E-state index contributed by atoms with van der Waals surface area (Å²) in [5.41, 5.74) is 4.11. The number of carbonyl (C=O) groups excluding carboxylic acids is 1. The molecule has 0 aliphatic heterocycles. The molecule has 190 valence electrons. The summed E-state index contributed by atoms with van der Waals surface area (Å²) in [6.45, 7) is 13.1. The van der Waals surface area contributed by atoms with E-state index in [2.05, 4.69) is 24.6 Å². The van der Waals surface area contributed by atoms with Gasteiger partial charge in [0.05, 0.1) is 0 Å². The zero-order chi connectivity index (χ0) is 26.9. The fraction of sp³-hybridized carbons (Fsp3) is 0.0606. The van der Waals surface area contributed by atoms with Gasteiger partial charge in [-0.05, 0) is 91.4 Å². The van der Waals surface area contributed by atoms with Crippen molar-refractivity contribution in [1.29, 1.82) is 0 Å². The van der Waals surface area contributed by atoms with Crippen LogP contribution in [0.1, 0.15) is 12.5 Å². The van der Waals surface area contributed by atoms with Gasteiger partial charge in [-0.15, -0.1) is 0 Å². The van der Waals surface area contributed by atoms with E-state index in [1.807, 2.05) is 91.0 Å². The van der Waals surface area contributed by atoms with E-state index < -0.39 is 5.97 Å². The van der Waals surface area contributed by atoms with Crippen LogP contribution in [0.25, 0.3) is 0 Å². The van der Waals surface area contributed by atoms with Crippen molar-refractivity contribution in [2.75, 3.05) is 4.90 Å². The number of carbonyl (C=O) groups is 1. The van der Waals surface area contributed by atoms with Crippen LogP contribution in [0.5, 0.6) is 17.2 Å². The second-order valence-corrected chi connectivity index (χ2v) is 8.53. The minimum atomic E-state index is -0.458. The van der Waals surface area contributed by atoms with E-state index in [0.29, 0.717) is 23.7 Å². The molecule has 4 rings (SSSR count). The van der Waals surface area contributed by atoms with Gasteiger partial charge in [0, 0.05) is 22.6 Å². The molecule has 4 aromatic carbocycles. The smallest absolute Gasteiger partial charge is 0.338 e. The molecule has 5 heteroatoms. The average molecular weight is 504 g/mol. The first-order valence-corrected chi connectivity index (χ1v) is 12.1. The topological polar surface area (TPSA) is 48.0 Å². The Balaban J connectivity index is 1.62. The summed E-state index contributed by atoms with van der Waals surface area (Å²) in [5.74, 6) is 2.02. The Labute approximate surface area is 223 Å². The van der Waals surface area contributed by atoms with Crippen LogP contribution in [-0.2, 0) is 16.1 Å². The van der Waals surface area contributed by atoms with Crippen molar-refractivity contribution in [2.45, 2.75) is 13.5 Å². The highest BCUT2D eigenvalue weighted by Gasteiger charge is 2.14. The first-order chi connectivity index (χ1) is 18.4. The lowest BCUT2D eigenvalue weighted by Gasteiger charge is -2.26. The number of benzene rings is 4. The molecule has 0 aromatic heterocycles. The number of hydrogen-bond acceptors (Lipinski definition) is 5. The molecule has 0 unspecified atom stereocenters. The van der Waals surface area contributed by atoms with E-state index in [1.165, 1.54) is 0 Å². The Morgan fingerprint density at radius 1 is 0.737 bits per heavy atom. The van der Waals surface area contributed by atoms with Gasteiger partial charge in [-0.2, -0.15) is 0 Å². The highest BCUT2D eigenvalue weighted by molar-refractivity contribution is 5.89. The third kappa shape index (κ3) is 6.80. The van der Waals surface area contributed by atoms with Crippen molar-refractivity contribution in [3.8, 4) is 17.2 Å². The zero-order valence-electron chi connectivity index (χ0n) is 21.3. The van der Waals surface area contributed by atoms with Crippen molar-refractivity contribution in [3.05, 3.63) is 146 Å². The van der Waals surface area contributed by atoms with Crippen molar-refractivity contribution >= 4 is 23.0 Å². The number of anilines is 3. The Kier molecular flexibility index (Phi) is 8.42. The van der Waals surface area contributed by atoms with Gasteiger partial charge in [-0.3, -0.25) is 0 Å². The molecule has 0 N–H and O–H groups in total. The Bertz CT molecular complexity index is 1410. The van der Waals surface area contributed by atoms with Gasteiger partial charge >= 0.3 is 5.97 Å². The number of rotatable bonds is 11. The van der Waals surface area contributed by atoms with Gasteiger partial charge in [0.1, 0.15) is 29.6 Å². The normalized spacial score (nSPS) is 10.2. The van der Waals surface area contributed by atoms with E-state index in [1.54, 1.807) is 25.1 Å². The van der Waals surface area contributed by atoms with Crippen molar-refractivity contribution in [1.82, 2.24) is 0 Å². The predicted octanol–water partition coefficient (Wildman–Crippen LogP) is 8.65. The summed E-state index contributed by atoms with van der Waals surface area (Å²) in [6, 6.07) is 32.9. The summed E-state index contributed by atoms with van der Waals surface area (Å²) in [5, 5.41) is 0. The zero-order valence-corrected chi connectivity index (χ0v) is 21.3. The fourth-order valence-corrected chi connectivity index (χ4v) is 3.57. The van der Waals surface area contributed by atoms with E-state index in [4.69, 9.17) is 14.2 Å². The molecule has 0 saturated heterocycles. The molecule has 0 saturated carbocycles. The van der Waals surface area contributed by atoms with Crippen LogP contribution in [0.2, 0.25) is 0 Å². The summed E-state index contributed by atoms with van der Waals surface area (Å²) in [7, 11) is 0. The third-order valence-electron chi connectivity index (χ3n) is 5.57. The first kappa shape index (κ1) is 26.0. The molecule has 4 aromatic rings. The highest BCUT2D eigenvalue weighted by atomic mass is 16.5. The van der Waals surface area contributed by atoms with Crippen molar-refractivity contribution in [3.63, 3.8) is 0 Å². The number of allylic oxidation sites excluding steroid dienone is 1. The Morgan fingerprint density at radius 2 is 1.24 bits per heavy atom. The molecule has 0 amide bonds. The maximum atomic E-state index is 11.9. The summed E-state index contributed by atoms with van der Waals surface area (Å²) in [4.78, 5) is 14.0. The lowest BCUT2D eigenvalue weighted by molar-refractivity contribution is -0.130. The summed E-state index contributed by atoms with van der Waals surface area (Å²) in [6.07, 6.45) is 1.58. The molecule has 38 heavy (non-hydrogen) atoms. The van der Waals surface area contributed by atoms with Crippen LogP contribution in [0, 0.1) is 0 Å². The minimum absolute atomic E-state index is 0.342. The predicted molar refractivity (Wildman–Crippen MR) is 152 cm³/mol. The number of ether oxygens (including phenoxy) is 3. The van der Waals surface area contributed by atoms with Gasteiger partial charge in [0.15, 0.2) is 0 Å². The molecular formula is C33H29NO4. The maximum Gasteiger partial charge on any atom is 0.338 e. The molecule has 0 aliphatic rings. The van der Waals surface area contributed by atoms with E-state index in [0.717, 1.165) is 34.1 Å². The molecule has 0 aliphatic carbocycles. The molecule has 0 bridgehead atoms. The number of hydrogen-bond donors (Lipinski definition) is 0. The molecule has 0 fully saturated rings. The van der Waals surface area contributed by atoms with Crippen LogP contribution < -0.4 is 14.4 Å². The van der Waals surface area contributed by atoms with Gasteiger partial charge in [0.25, 0.3) is 0 Å². The van der Waals surface area contributed by atoms with Gasteiger partial charge in [-0.25, -0.2) is 4.79 Å². The van der Waals surface area contributed by atoms with Gasteiger partial charge in [-0.1, -0.05) is 50.1 Å². The third-order valence-corrected chi connectivity index (χ3v) is 5.57. The van der Waals surface area contributed by atoms with Gasteiger partial charge < -0.3 is 19.1 Å². The lowest BCUT2D eigenvalue weighted by atomic mass is 10.1. The average Bonchev–Trinajstić information content (AvgIpc) is 2.95. The van der Waals surface area contributed by atoms with E-state index >= 15 is 0 Å². The van der Waals surface area contributed by atoms with Crippen molar-refractivity contribution < 1.29 is 19.0 Å². The van der Waals surface area contributed by atoms with Crippen LogP contribution in [-0.4, -0.2) is 5.97 Å². The summed E-state index contributed by atoms with van der Waals surface area (Å²) >= 11 is 0. The number of para-hydroxylation sites is 1. The maximum absolute atomic E-state index is 11.9. The molecule has 0 heterocycles. The summed E-state index contributed by atoms with van der Waals surface area (Å²) < 4.78 is 16.9. The molecule has 0 radical (unpaired) electrons. The van der Waals surface area contributed by atoms with Crippen molar-refractivity contribution in [2.24, 2.45) is 0 Å². The minimum Gasteiger partial charge on any atom is -0.490 e. The Morgan fingerprint density at radius 3 is 1.76 bits per heavy atom. The lowest BCUT2D eigenvalue weighted by Crippen LogP contribution is -2.11. The second-order valence-electron chi connectivity index (χ2n) is 8.53. The van der Waals surface area contributed by atoms with Crippen LogP contribution in [0.15, 0.2) is 140 Å². The van der Waals surface area contributed by atoms with Crippen LogP contribution in [0.3, 0.4) is 0 Å². The second kappa shape index (κ2) is 12.3. The largest absolute Gasteiger partial charge is 0.490 e. The number of nitrogens with zero attached hydrogens (tertiary/aromatic N) is 1. The Hall–Kier alpha value is -5.03.